The molecule has 0 saturated heterocycles. The van der Waals surface area contributed by atoms with Gasteiger partial charge >= 0.3 is 11.7 Å². The highest BCUT2D eigenvalue weighted by Gasteiger charge is 2.31. The summed E-state index contributed by atoms with van der Waals surface area (Å²) in [6.45, 7) is 9.55. The number of pyridine rings is 1. The van der Waals surface area contributed by atoms with Crippen LogP contribution in [0, 0.1) is 5.92 Å². The van der Waals surface area contributed by atoms with Gasteiger partial charge in [-0.3, -0.25) is 23.9 Å². The normalized spacial score (nSPS) is 13.8. The van der Waals surface area contributed by atoms with Gasteiger partial charge in [-0.15, -0.1) is 0 Å². The van der Waals surface area contributed by atoms with Gasteiger partial charge in [0.25, 0.3) is 11.5 Å². The van der Waals surface area contributed by atoms with Crippen molar-refractivity contribution in [1.29, 1.82) is 0 Å². The predicted octanol–water partition coefficient (Wildman–Crippen LogP) is 2.03. The fourth-order valence-electron chi connectivity index (χ4n) is 3.57. The number of carbonyl (C=O) groups excluding carboxylic acids is 2. The summed E-state index contributed by atoms with van der Waals surface area (Å²) >= 11 is 0. The van der Waals surface area contributed by atoms with Crippen molar-refractivity contribution in [2.75, 3.05) is 13.2 Å². The van der Waals surface area contributed by atoms with E-state index in [4.69, 9.17) is 4.74 Å². The SMILES string of the molecule is CCOC(=O)CN(C(=O)c1cc(C2CC2)nc2c1c(=O)[nH]c(=O)n2CC(C)C)C(C)C. The maximum Gasteiger partial charge on any atom is 0.330 e. The van der Waals surface area contributed by atoms with Crippen LogP contribution >= 0.6 is 0 Å². The van der Waals surface area contributed by atoms with E-state index in [9.17, 15) is 19.2 Å². The van der Waals surface area contributed by atoms with Crippen molar-refractivity contribution < 1.29 is 14.3 Å². The molecule has 9 heteroatoms. The predicted molar refractivity (Wildman–Crippen MR) is 116 cm³/mol. The van der Waals surface area contributed by atoms with E-state index in [1.54, 1.807) is 26.8 Å². The first-order valence-electron chi connectivity index (χ1n) is 10.8. The topological polar surface area (TPSA) is 114 Å². The van der Waals surface area contributed by atoms with Gasteiger partial charge in [0.05, 0.1) is 17.6 Å². The van der Waals surface area contributed by atoms with Gasteiger partial charge in [-0.1, -0.05) is 13.8 Å². The summed E-state index contributed by atoms with van der Waals surface area (Å²) in [5.74, 6) is -0.641. The van der Waals surface area contributed by atoms with Gasteiger partial charge in [0.15, 0.2) is 5.65 Å². The average Bonchev–Trinajstić information content (AvgIpc) is 3.53. The number of ether oxygens (including phenoxy) is 1. The number of H-pyrrole nitrogens is 1. The number of amides is 1. The molecule has 9 nitrogen and oxygen atoms in total. The van der Waals surface area contributed by atoms with Gasteiger partial charge in [-0.25, -0.2) is 9.78 Å². The number of rotatable bonds is 8. The van der Waals surface area contributed by atoms with Crippen LogP contribution < -0.4 is 11.2 Å². The molecule has 1 aliphatic carbocycles. The molecule has 2 aromatic heterocycles. The molecule has 1 amide bonds. The summed E-state index contributed by atoms with van der Waals surface area (Å²) in [6.07, 6.45) is 1.89. The van der Waals surface area contributed by atoms with Crippen LogP contribution in [0.2, 0.25) is 0 Å². The largest absolute Gasteiger partial charge is 0.465 e. The molecule has 168 valence electrons. The Morgan fingerprint density at radius 2 is 1.94 bits per heavy atom. The van der Waals surface area contributed by atoms with Crippen LogP contribution in [-0.2, 0) is 16.1 Å². The zero-order chi connectivity index (χ0) is 22.9. The highest BCUT2D eigenvalue weighted by Crippen LogP contribution is 2.40. The smallest absolute Gasteiger partial charge is 0.330 e. The number of fused-ring (bicyclic) bond motifs is 1. The first kappa shape index (κ1) is 22.7. The Bertz CT molecular complexity index is 1110. The summed E-state index contributed by atoms with van der Waals surface area (Å²) in [4.78, 5) is 59.3. The number of nitrogens with one attached hydrogen (secondary N) is 1. The van der Waals surface area contributed by atoms with E-state index in [1.165, 1.54) is 9.47 Å². The number of hydrogen-bond donors (Lipinski definition) is 1. The monoisotopic (exact) mass is 430 g/mol. The van der Waals surface area contributed by atoms with Crippen molar-refractivity contribution in [1.82, 2.24) is 19.4 Å². The van der Waals surface area contributed by atoms with E-state index in [1.807, 2.05) is 13.8 Å². The summed E-state index contributed by atoms with van der Waals surface area (Å²) in [6, 6.07) is 1.34. The minimum atomic E-state index is -0.655. The lowest BCUT2D eigenvalue weighted by atomic mass is 10.1. The molecule has 0 aromatic carbocycles. The third kappa shape index (κ3) is 4.86. The first-order chi connectivity index (χ1) is 14.6. The minimum absolute atomic E-state index is 0.0733. The Labute approximate surface area is 180 Å². The Morgan fingerprint density at radius 3 is 2.48 bits per heavy atom. The van der Waals surface area contributed by atoms with Gasteiger partial charge in [0.1, 0.15) is 6.54 Å². The van der Waals surface area contributed by atoms with Crippen LogP contribution in [0.5, 0.6) is 0 Å². The molecular weight excluding hydrogens is 400 g/mol. The number of aromatic amines is 1. The molecule has 1 aliphatic rings. The van der Waals surface area contributed by atoms with Crippen molar-refractivity contribution in [3.05, 3.63) is 38.2 Å². The molecule has 31 heavy (non-hydrogen) atoms. The average molecular weight is 431 g/mol. The summed E-state index contributed by atoms with van der Waals surface area (Å²) in [5, 5.41) is 0.0733. The second-order valence-electron chi connectivity index (χ2n) is 8.66. The second-order valence-corrected chi connectivity index (χ2v) is 8.66. The molecule has 2 heterocycles. The zero-order valence-electron chi connectivity index (χ0n) is 18.7. The van der Waals surface area contributed by atoms with Crippen LogP contribution in [-0.4, -0.2) is 50.5 Å². The molecule has 0 radical (unpaired) electrons. The third-order valence-corrected chi connectivity index (χ3v) is 5.23. The summed E-state index contributed by atoms with van der Waals surface area (Å²) < 4.78 is 6.44. The first-order valence-corrected chi connectivity index (χ1v) is 10.8. The van der Waals surface area contributed by atoms with Crippen molar-refractivity contribution in [2.45, 2.75) is 66.0 Å². The molecule has 2 aromatic rings. The van der Waals surface area contributed by atoms with E-state index in [0.717, 1.165) is 12.8 Å². The molecule has 0 bridgehead atoms. The summed E-state index contributed by atoms with van der Waals surface area (Å²) in [7, 11) is 0. The highest BCUT2D eigenvalue weighted by molar-refractivity contribution is 6.06. The Kier molecular flexibility index (Phi) is 6.62. The molecule has 0 atom stereocenters. The van der Waals surface area contributed by atoms with Gasteiger partial charge in [-0.2, -0.15) is 0 Å². The fraction of sp³-hybridized carbons (Fsp3) is 0.591. The van der Waals surface area contributed by atoms with Crippen molar-refractivity contribution in [3.8, 4) is 0 Å². The number of aromatic nitrogens is 3. The van der Waals surface area contributed by atoms with Crippen LogP contribution in [0.25, 0.3) is 11.0 Å². The van der Waals surface area contributed by atoms with Crippen LogP contribution in [0.15, 0.2) is 15.7 Å². The second kappa shape index (κ2) is 9.03. The number of hydrogen-bond acceptors (Lipinski definition) is 6. The number of nitrogens with zero attached hydrogens (tertiary/aromatic N) is 3. The molecule has 1 fully saturated rings. The third-order valence-electron chi connectivity index (χ3n) is 5.23. The van der Waals surface area contributed by atoms with Crippen LogP contribution in [0.3, 0.4) is 0 Å². The molecular formula is C22H30N4O5. The van der Waals surface area contributed by atoms with E-state index >= 15 is 0 Å². The molecule has 3 rings (SSSR count). The van der Waals surface area contributed by atoms with Crippen molar-refractivity contribution in [3.63, 3.8) is 0 Å². The standard InChI is InChI=1S/C22H30N4O5/c1-6-31-17(27)11-25(13(4)5)21(29)15-9-16(14-7-8-14)23-19-18(15)20(28)24-22(30)26(19)10-12(2)3/h9,12-14H,6-8,10-11H2,1-5H3,(H,24,28,30). The lowest BCUT2D eigenvalue weighted by molar-refractivity contribution is -0.144. The van der Waals surface area contributed by atoms with Crippen LogP contribution in [0.1, 0.15) is 69.4 Å². The molecule has 1 N–H and O–H groups in total. The van der Waals surface area contributed by atoms with Crippen LogP contribution in [0.4, 0.5) is 0 Å². The van der Waals surface area contributed by atoms with E-state index < -0.39 is 23.1 Å². The Hall–Kier alpha value is -2.97. The molecule has 0 aliphatic heterocycles. The molecule has 0 spiro atoms. The molecule has 0 unspecified atom stereocenters. The van der Waals surface area contributed by atoms with Crippen molar-refractivity contribution >= 4 is 22.9 Å². The Balaban J connectivity index is 2.22. The molecule has 1 saturated carbocycles. The highest BCUT2D eigenvalue weighted by atomic mass is 16.5. The van der Waals surface area contributed by atoms with Gasteiger partial charge in [0.2, 0.25) is 0 Å². The van der Waals surface area contributed by atoms with Crippen molar-refractivity contribution in [2.24, 2.45) is 5.92 Å². The van der Waals surface area contributed by atoms with Gasteiger partial charge in [0, 0.05) is 24.2 Å². The lowest BCUT2D eigenvalue weighted by Gasteiger charge is -2.26. The number of carbonyl (C=O) groups is 2. The fourth-order valence-corrected chi connectivity index (χ4v) is 3.57. The van der Waals surface area contributed by atoms with Gasteiger partial charge in [-0.05, 0) is 45.6 Å². The minimum Gasteiger partial charge on any atom is -0.465 e. The van der Waals surface area contributed by atoms with Gasteiger partial charge < -0.3 is 9.64 Å². The maximum atomic E-state index is 13.6. The Morgan fingerprint density at radius 1 is 1.26 bits per heavy atom. The quantitative estimate of drug-likeness (QED) is 0.641. The van der Waals surface area contributed by atoms with E-state index in [2.05, 4.69) is 9.97 Å². The van der Waals surface area contributed by atoms with E-state index in [-0.39, 0.29) is 47.6 Å². The zero-order valence-corrected chi connectivity index (χ0v) is 18.7. The maximum absolute atomic E-state index is 13.6. The number of esters is 1. The summed E-state index contributed by atoms with van der Waals surface area (Å²) in [5.41, 5.74) is -0.132. The lowest BCUT2D eigenvalue weighted by Crippen LogP contribution is -2.42. The van der Waals surface area contributed by atoms with E-state index in [0.29, 0.717) is 12.2 Å².